The maximum absolute atomic E-state index is 14.8. The largest absolute Gasteiger partial charge is 0.452 e. The normalized spacial score (nSPS) is 19.2. The molecule has 1 aliphatic rings. The molecule has 162 valence electrons. The van der Waals surface area contributed by atoms with Crippen molar-refractivity contribution < 1.29 is 13.9 Å². The molecule has 8 nitrogen and oxygen atoms in total. The number of aliphatic hydroxyl groups is 1. The fourth-order valence-electron chi connectivity index (χ4n) is 4.45. The molecule has 1 aliphatic carbocycles. The summed E-state index contributed by atoms with van der Waals surface area (Å²) in [7, 11) is 0. The highest BCUT2D eigenvalue weighted by Crippen LogP contribution is 2.40. The highest BCUT2D eigenvalue weighted by molar-refractivity contribution is 7.13. The number of pyridine rings is 1. The van der Waals surface area contributed by atoms with Crippen LogP contribution in [0, 0.1) is 5.82 Å². The number of aromatic nitrogens is 5. The van der Waals surface area contributed by atoms with Crippen molar-refractivity contribution in [3.05, 3.63) is 42.6 Å². The molecule has 10 heteroatoms. The summed E-state index contributed by atoms with van der Waals surface area (Å²) in [6.07, 6.45) is 8.58. The summed E-state index contributed by atoms with van der Waals surface area (Å²) in [5, 5.41) is 19.1. The van der Waals surface area contributed by atoms with Gasteiger partial charge in [-0.25, -0.2) is 9.37 Å². The van der Waals surface area contributed by atoms with Crippen LogP contribution in [0.1, 0.15) is 31.7 Å². The van der Waals surface area contributed by atoms with Crippen molar-refractivity contribution in [2.75, 3.05) is 5.73 Å². The predicted molar refractivity (Wildman–Crippen MR) is 120 cm³/mol. The number of benzene rings is 1. The van der Waals surface area contributed by atoms with E-state index in [1.807, 2.05) is 10.9 Å². The minimum Gasteiger partial charge on any atom is -0.452 e. The van der Waals surface area contributed by atoms with Crippen molar-refractivity contribution in [2.45, 2.75) is 37.8 Å². The van der Waals surface area contributed by atoms with Crippen LogP contribution < -0.4 is 5.73 Å². The minimum absolute atomic E-state index is 0.217. The summed E-state index contributed by atoms with van der Waals surface area (Å²) < 4.78 is 27.3. The number of nitrogens with two attached hydrogens (primary N) is 1. The number of rotatable bonds is 3. The zero-order valence-electron chi connectivity index (χ0n) is 16.9. The first-order valence-electron chi connectivity index (χ1n) is 10.4. The molecule has 1 saturated carbocycles. The van der Waals surface area contributed by atoms with Crippen LogP contribution in [0.15, 0.2) is 41.2 Å². The summed E-state index contributed by atoms with van der Waals surface area (Å²) in [6.45, 7) is 0. The number of fused-ring (bicyclic) bond motifs is 2. The van der Waals surface area contributed by atoms with Gasteiger partial charge >= 0.3 is 0 Å². The molecule has 0 aliphatic heterocycles. The Morgan fingerprint density at radius 2 is 2.03 bits per heavy atom. The van der Waals surface area contributed by atoms with Crippen LogP contribution in [0.4, 0.5) is 10.2 Å². The molecular formula is C22H19FN6O2S. The number of furan rings is 1. The molecule has 0 atom stereocenters. The van der Waals surface area contributed by atoms with Crippen LogP contribution in [-0.2, 0) is 0 Å². The van der Waals surface area contributed by atoms with Gasteiger partial charge in [-0.2, -0.15) is 5.10 Å². The predicted octanol–water partition coefficient (Wildman–Crippen LogP) is 4.56. The highest BCUT2D eigenvalue weighted by Gasteiger charge is 2.23. The van der Waals surface area contributed by atoms with Crippen molar-refractivity contribution in [2.24, 2.45) is 0 Å². The van der Waals surface area contributed by atoms with Gasteiger partial charge in [0.1, 0.15) is 17.1 Å². The monoisotopic (exact) mass is 450 g/mol. The van der Waals surface area contributed by atoms with Crippen molar-refractivity contribution in [1.29, 1.82) is 0 Å². The topological polar surface area (TPSA) is 116 Å². The van der Waals surface area contributed by atoms with Gasteiger partial charge in [0.15, 0.2) is 11.4 Å². The Labute approximate surface area is 185 Å². The van der Waals surface area contributed by atoms with Gasteiger partial charge in [-0.05, 0) is 55.4 Å². The molecule has 5 aromatic rings. The molecule has 0 radical (unpaired) electrons. The Hall–Kier alpha value is -3.37. The molecule has 6 rings (SSSR count). The zero-order valence-corrected chi connectivity index (χ0v) is 17.7. The van der Waals surface area contributed by atoms with E-state index in [1.54, 1.807) is 24.5 Å². The number of anilines is 1. The molecule has 0 saturated heterocycles. The Morgan fingerprint density at radius 1 is 1.19 bits per heavy atom. The summed E-state index contributed by atoms with van der Waals surface area (Å²) in [5.41, 5.74) is 9.10. The third kappa shape index (κ3) is 3.06. The van der Waals surface area contributed by atoms with E-state index in [9.17, 15) is 9.50 Å². The third-order valence-corrected chi connectivity index (χ3v) is 6.91. The molecule has 0 unspecified atom stereocenters. The molecule has 4 heterocycles. The molecule has 1 fully saturated rings. The fraction of sp³-hybridized carbons (Fsp3) is 0.273. The van der Waals surface area contributed by atoms with Crippen molar-refractivity contribution in [3.8, 4) is 22.5 Å². The van der Waals surface area contributed by atoms with E-state index >= 15 is 0 Å². The molecular weight excluding hydrogens is 431 g/mol. The maximum Gasteiger partial charge on any atom is 0.177 e. The first kappa shape index (κ1) is 19.3. The summed E-state index contributed by atoms with van der Waals surface area (Å²) in [6, 6.07) is 5.00. The van der Waals surface area contributed by atoms with Crippen molar-refractivity contribution in [3.63, 3.8) is 0 Å². The van der Waals surface area contributed by atoms with Gasteiger partial charge in [-0.1, -0.05) is 4.49 Å². The van der Waals surface area contributed by atoms with Gasteiger partial charge in [0.05, 0.1) is 28.6 Å². The highest BCUT2D eigenvalue weighted by atomic mass is 32.1. The van der Waals surface area contributed by atoms with Gasteiger partial charge in [-0.15, -0.1) is 5.10 Å². The lowest BCUT2D eigenvalue weighted by molar-refractivity contribution is 0.108. The Kier molecular flexibility index (Phi) is 4.44. The number of hydrogen-bond acceptors (Lipinski definition) is 8. The quantitative estimate of drug-likeness (QED) is 0.414. The molecule has 32 heavy (non-hydrogen) atoms. The molecule has 1 aromatic carbocycles. The fourth-order valence-corrected chi connectivity index (χ4v) is 5.15. The van der Waals surface area contributed by atoms with Crippen molar-refractivity contribution >= 4 is 38.5 Å². The molecule has 0 amide bonds. The van der Waals surface area contributed by atoms with E-state index in [4.69, 9.17) is 10.2 Å². The molecule has 4 aromatic heterocycles. The van der Waals surface area contributed by atoms with Gasteiger partial charge < -0.3 is 15.3 Å². The smallest absolute Gasteiger partial charge is 0.177 e. The summed E-state index contributed by atoms with van der Waals surface area (Å²) in [4.78, 5) is 4.30. The van der Waals surface area contributed by atoms with Gasteiger partial charge in [0.25, 0.3) is 0 Å². The molecule has 0 bridgehead atoms. The third-order valence-electron chi connectivity index (χ3n) is 6.15. The summed E-state index contributed by atoms with van der Waals surface area (Å²) >= 11 is 1.12. The second-order valence-electron chi connectivity index (χ2n) is 8.13. The van der Waals surface area contributed by atoms with Gasteiger partial charge in [0, 0.05) is 28.9 Å². The van der Waals surface area contributed by atoms with Crippen LogP contribution in [-0.4, -0.2) is 35.6 Å². The van der Waals surface area contributed by atoms with E-state index in [-0.39, 0.29) is 18.0 Å². The zero-order chi connectivity index (χ0) is 21.8. The van der Waals surface area contributed by atoms with E-state index in [2.05, 4.69) is 19.7 Å². The summed E-state index contributed by atoms with van der Waals surface area (Å²) in [5.74, 6) is 0.172. The number of halogens is 1. The molecule has 3 N–H and O–H groups in total. The lowest BCUT2D eigenvalue weighted by Gasteiger charge is -2.25. The lowest BCUT2D eigenvalue weighted by atomic mass is 9.93. The first-order valence-corrected chi connectivity index (χ1v) is 11.2. The second-order valence-corrected chi connectivity index (χ2v) is 8.88. The molecule has 0 spiro atoms. The second kappa shape index (κ2) is 7.35. The number of nitrogen functional groups attached to an aromatic ring is 1. The van der Waals surface area contributed by atoms with Gasteiger partial charge in [0.2, 0.25) is 0 Å². The Balaban J connectivity index is 1.46. The van der Waals surface area contributed by atoms with Crippen molar-refractivity contribution in [1.82, 2.24) is 24.4 Å². The van der Waals surface area contributed by atoms with Crippen LogP contribution in [0.2, 0.25) is 0 Å². The van der Waals surface area contributed by atoms with E-state index in [0.29, 0.717) is 27.1 Å². The average molecular weight is 450 g/mol. The van der Waals surface area contributed by atoms with E-state index < -0.39 is 5.82 Å². The SMILES string of the molecule is Nc1ncc(-c2cnn([C@H]3CC[C@H](O)CC3)c2)c2cc(-c3c(F)ccc4nnsc34)oc12. The Morgan fingerprint density at radius 3 is 2.88 bits per heavy atom. The number of aliphatic hydroxyl groups excluding tert-OH is 1. The standard InChI is InChI=1S/C22H19FN6O2S/c23-16-5-6-17-21(32-28-27-17)19(16)18-7-14-15(9-25-22(24)20(14)31-18)11-8-26-29(10-11)12-1-3-13(30)4-2-12/h5-10,12-13,30H,1-4H2,(H2,24,25)/t12-,13-. The van der Waals surface area contributed by atoms with E-state index in [1.165, 1.54) is 6.07 Å². The van der Waals surface area contributed by atoms with Crippen LogP contribution in [0.5, 0.6) is 0 Å². The van der Waals surface area contributed by atoms with Crippen LogP contribution >= 0.6 is 11.5 Å². The van der Waals surface area contributed by atoms with Crippen LogP contribution in [0.3, 0.4) is 0 Å². The van der Waals surface area contributed by atoms with Crippen LogP contribution in [0.25, 0.3) is 43.6 Å². The maximum atomic E-state index is 14.8. The number of hydrogen-bond donors (Lipinski definition) is 2. The van der Waals surface area contributed by atoms with E-state index in [0.717, 1.165) is 53.7 Å². The first-order chi connectivity index (χ1) is 15.6. The average Bonchev–Trinajstić information content (AvgIpc) is 3.54. The Bertz CT molecular complexity index is 1450. The number of nitrogens with zero attached hydrogens (tertiary/aromatic N) is 5. The lowest BCUT2D eigenvalue weighted by Crippen LogP contribution is -2.21. The van der Waals surface area contributed by atoms with Gasteiger partial charge in [-0.3, -0.25) is 4.68 Å². The minimum atomic E-state index is -0.414.